The second kappa shape index (κ2) is 5.27. The molecule has 0 aliphatic heterocycles. The third-order valence-corrected chi connectivity index (χ3v) is 4.82. The van der Waals surface area contributed by atoms with Gasteiger partial charge < -0.3 is 10.7 Å². The van der Waals surface area contributed by atoms with Gasteiger partial charge in [-0.1, -0.05) is 0 Å². The number of rotatable bonds is 4. The minimum atomic E-state index is -0.520. The first kappa shape index (κ1) is 14.1. The van der Waals surface area contributed by atoms with Crippen LogP contribution in [0, 0.1) is 6.92 Å². The Bertz CT molecular complexity index is 867. The number of thiophene rings is 1. The summed E-state index contributed by atoms with van der Waals surface area (Å²) in [6.45, 7) is 2.03. The van der Waals surface area contributed by atoms with Crippen LogP contribution in [-0.2, 0) is 0 Å². The number of carbonyl (C=O) groups excluding carboxylic acids is 1. The maximum absolute atomic E-state index is 12.1. The molecule has 0 atom stereocenters. The Morgan fingerprint density at radius 1 is 1.39 bits per heavy atom. The minimum Gasteiger partial charge on any atom is -0.364 e. The molecule has 6 nitrogen and oxygen atoms in total. The molecule has 1 amide bonds. The van der Waals surface area contributed by atoms with Gasteiger partial charge in [0.15, 0.2) is 5.82 Å². The van der Waals surface area contributed by atoms with E-state index in [1.54, 1.807) is 11.3 Å². The number of carbonyl (C=O) groups is 1. The largest absolute Gasteiger partial charge is 0.364 e. The van der Waals surface area contributed by atoms with Crippen LogP contribution in [0.3, 0.4) is 0 Å². The normalized spacial score (nSPS) is 14.1. The van der Waals surface area contributed by atoms with E-state index in [0.29, 0.717) is 17.4 Å². The quantitative estimate of drug-likeness (QED) is 0.770. The van der Waals surface area contributed by atoms with Crippen molar-refractivity contribution in [1.29, 1.82) is 0 Å². The number of amides is 1. The molecule has 7 heteroatoms. The van der Waals surface area contributed by atoms with Crippen molar-refractivity contribution in [1.82, 2.24) is 20.2 Å². The van der Waals surface area contributed by atoms with Gasteiger partial charge in [-0.15, -0.1) is 10.2 Å². The molecule has 4 rings (SSSR count). The van der Waals surface area contributed by atoms with Gasteiger partial charge in [-0.25, -0.2) is 4.98 Å². The van der Waals surface area contributed by atoms with Crippen molar-refractivity contribution in [2.75, 3.05) is 0 Å². The van der Waals surface area contributed by atoms with E-state index < -0.39 is 5.91 Å². The minimum absolute atomic E-state index is 0.308. The van der Waals surface area contributed by atoms with Crippen LogP contribution >= 0.6 is 11.3 Å². The summed E-state index contributed by atoms with van der Waals surface area (Å²) >= 11 is 1.56. The van der Waals surface area contributed by atoms with Crippen molar-refractivity contribution >= 4 is 17.2 Å². The van der Waals surface area contributed by atoms with Gasteiger partial charge in [0.2, 0.25) is 0 Å². The number of aromatic nitrogens is 4. The van der Waals surface area contributed by atoms with Gasteiger partial charge in [-0.2, -0.15) is 11.3 Å². The van der Waals surface area contributed by atoms with Crippen molar-refractivity contribution in [3.05, 3.63) is 40.1 Å². The topological polar surface area (TPSA) is 97.6 Å². The molecule has 23 heavy (non-hydrogen) atoms. The fourth-order valence-electron chi connectivity index (χ4n) is 2.94. The van der Waals surface area contributed by atoms with Crippen molar-refractivity contribution in [2.45, 2.75) is 25.7 Å². The summed E-state index contributed by atoms with van der Waals surface area (Å²) in [6, 6.07) is 1.96. The number of pyridine rings is 1. The van der Waals surface area contributed by atoms with E-state index in [1.807, 2.05) is 23.8 Å². The highest BCUT2D eigenvalue weighted by Gasteiger charge is 2.32. The predicted molar refractivity (Wildman–Crippen MR) is 88.2 cm³/mol. The lowest BCUT2D eigenvalue weighted by Gasteiger charge is -2.16. The first-order valence-corrected chi connectivity index (χ1v) is 8.34. The number of nitrogens with zero attached hydrogens (tertiary/aromatic N) is 3. The number of primary amides is 1. The molecule has 0 bridgehead atoms. The fraction of sp³-hybridized carbons (Fsp3) is 0.250. The van der Waals surface area contributed by atoms with Crippen LogP contribution in [0.1, 0.15) is 40.5 Å². The zero-order chi connectivity index (χ0) is 16.0. The van der Waals surface area contributed by atoms with Crippen molar-refractivity contribution in [3.63, 3.8) is 0 Å². The summed E-state index contributed by atoms with van der Waals surface area (Å²) in [4.78, 5) is 19.7. The molecule has 3 aromatic rings. The molecule has 1 aliphatic carbocycles. The number of H-pyrrole nitrogens is 1. The molecule has 0 aromatic carbocycles. The Kier molecular flexibility index (Phi) is 3.23. The zero-order valence-electron chi connectivity index (χ0n) is 12.5. The number of aromatic amines is 1. The van der Waals surface area contributed by atoms with Crippen LogP contribution in [0.2, 0.25) is 0 Å². The van der Waals surface area contributed by atoms with Gasteiger partial charge in [-0.3, -0.25) is 4.79 Å². The smallest absolute Gasteiger partial charge is 0.267 e. The summed E-state index contributed by atoms with van der Waals surface area (Å²) in [5, 5.41) is 12.0. The second-order valence-corrected chi connectivity index (χ2v) is 6.49. The molecule has 1 fully saturated rings. The maximum atomic E-state index is 12.1. The molecule has 116 valence electrons. The molecule has 3 aromatic heterocycles. The molecule has 1 aliphatic rings. The molecule has 0 unspecified atom stereocenters. The first-order chi connectivity index (χ1) is 11.2. The van der Waals surface area contributed by atoms with Crippen LogP contribution in [0.5, 0.6) is 0 Å². The Morgan fingerprint density at radius 3 is 2.78 bits per heavy atom. The van der Waals surface area contributed by atoms with E-state index >= 15 is 0 Å². The Balaban J connectivity index is 2.09. The molecule has 3 N–H and O–H groups in total. The average molecular weight is 325 g/mol. The number of hydrogen-bond acceptors (Lipinski definition) is 5. The lowest BCUT2D eigenvalue weighted by molar-refractivity contribution is 0.0996. The zero-order valence-corrected chi connectivity index (χ0v) is 13.4. The third-order valence-electron chi connectivity index (χ3n) is 4.14. The lowest BCUT2D eigenvalue weighted by Crippen LogP contribution is -2.17. The molecule has 3 heterocycles. The fourth-order valence-corrected chi connectivity index (χ4v) is 3.58. The summed E-state index contributed by atoms with van der Waals surface area (Å²) in [7, 11) is 0. The van der Waals surface area contributed by atoms with E-state index in [-0.39, 0.29) is 0 Å². The first-order valence-electron chi connectivity index (χ1n) is 7.40. The molecular formula is C16H15N5OS. The van der Waals surface area contributed by atoms with E-state index in [0.717, 1.165) is 40.8 Å². The van der Waals surface area contributed by atoms with Gasteiger partial charge >= 0.3 is 0 Å². The summed E-state index contributed by atoms with van der Waals surface area (Å²) < 4.78 is 0. The standard InChI is InChI=1S/C16H15N5OS/c1-8-11(16-18-7-19-21-16)12(10-4-5-23-6-10)14(15(17)22)20-13(8)9-2-3-9/h4-7,9H,2-3H2,1H3,(H2,17,22)(H,18,19,21). The second-order valence-electron chi connectivity index (χ2n) is 5.71. The molecular weight excluding hydrogens is 310 g/mol. The number of nitrogens with one attached hydrogen (secondary N) is 1. The monoisotopic (exact) mass is 325 g/mol. The average Bonchev–Trinajstić information content (AvgIpc) is 3.03. The molecule has 1 saturated carbocycles. The summed E-state index contributed by atoms with van der Waals surface area (Å²) in [6.07, 6.45) is 3.73. The SMILES string of the molecule is Cc1c(C2CC2)nc(C(N)=O)c(-c2ccsc2)c1-c1nnc[nH]1. The van der Waals surface area contributed by atoms with Gasteiger partial charge in [-0.05, 0) is 47.7 Å². The molecule has 0 radical (unpaired) electrons. The highest BCUT2D eigenvalue weighted by atomic mass is 32.1. The molecule has 0 saturated heterocycles. The van der Waals surface area contributed by atoms with Crippen LogP contribution in [0.25, 0.3) is 22.5 Å². The Labute approximate surface area is 136 Å². The number of hydrogen-bond donors (Lipinski definition) is 2. The van der Waals surface area contributed by atoms with Crippen LogP contribution in [0.15, 0.2) is 23.2 Å². The van der Waals surface area contributed by atoms with E-state index in [1.165, 1.54) is 6.33 Å². The third kappa shape index (κ3) is 2.33. The summed E-state index contributed by atoms with van der Waals surface area (Å²) in [5.41, 5.74) is 10.5. The predicted octanol–water partition coefficient (Wildman–Crippen LogP) is 2.88. The van der Waals surface area contributed by atoms with Crippen LogP contribution in [-0.4, -0.2) is 26.1 Å². The van der Waals surface area contributed by atoms with Gasteiger partial charge in [0.1, 0.15) is 12.0 Å². The van der Waals surface area contributed by atoms with E-state index in [4.69, 9.17) is 5.73 Å². The van der Waals surface area contributed by atoms with Crippen molar-refractivity contribution in [2.24, 2.45) is 5.73 Å². The number of nitrogens with two attached hydrogens (primary N) is 1. The van der Waals surface area contributed by atoms with Gasteiger partial charge in [0.05, 0.1) is 0 Å². The van der Waals surface area contributed by atoms with Gasteiger partial charge in [0.25, 0.3) is 5.91 Å². The van der Waals surface area contributed by atoms with Crippen LogP contribution < -0.4 is 5.73 Å². The lowest BCUT2D eigenvalue weighted by atomic mass is 9.93. The molecule has 0 spiro atoms. The highest BCUT2D eigenvalue weighted by Crippen LogP contribution is 2.45. The maximum Gasteiger partial charge on any atom is 0.267 e. The van der Waals surface area contributed by atoms with Crippen molar-refractivity contribution < 1.29 is 4.79 Å². The van der Waals surface area contributed by atoms with E-state index in [2.05, 4.69) is 20.2 Å². The highest BCUT2D eigenvalue weighted by molar-refractivity contribution is 7.08. The van der Waals surface area contributed by atoms with E-state index in [9.17, 15) is 4.79 Å². The Hall–Kier alpha value is -2.54. The van der Waals surface area contributed by atoms with Crippen molar-refractivity contribution in [3.8, 4) is 22.5 Å². The van der Waals surface area contributed by atoms with Gasteiger partial charge in [0, 0.05) is 22.7 Å². The Morgan fingerprint density at radius 2 is 2.22 bits per heavy atom. The van der Waals surface area contributed by atoms with Crippen LogP contribution in [0.4, 0.5) is 0 Å². The summed E-state index contributed by atoms with van der Waals surface area (Å²) in [5.74, 6) is 0.524.